The maximum absolute atomic E-state index is 12.1. The molecule has 1 aromatic carbocycles. The third kappa shape index (κ3) is 3.15. The van der Waals surface area contributed by atoms with Gasteiger partial charge in [0.25, 0.3) is 5.91 Å². The van der Waals surface area contributed by atoms with Gasteiger partial charge in [-0.15, -0.1) is 0 Å². The fourth-order valence-electron chi connectivity index (χ4n) is 1.99. The van der Waals surface area contributed by atoms with Crippen LogP contribution in [0, 0.1) is 0 Å². The number of carbonyl (C=O) groups is 1. The van der Waals surface area contributed by atoms with Gasteiger partial charge in [0.1, 0.15) is 12.1 Å². The predicted octanol–water partition coefficient (Wildman–Crippen LogP) is 2.85. The number of aromatic nitrogens is 3. The third-order valence-electron chi connectivity index (χ3n) is 3.18. The molecule has 1 N–H and O–H groups in total. The minimum atomic E-state index is -0.190. The molecule has 22 heavy (non-hydrogen) atoms. The summed E-state index contributed by atoms with van der Waals surface area (Å²) in [4.78, 5) is 20.3. The molecular formula is C16H13ClN4O. The zero-order chi connectivity index (χ0) is 15.4. The van der Waals surface area contributed by atoms with Gasteiger partial charge in [-0.25, -0.2) is 9.97 Å². The Labute approximate surface area is 132 Å². The Hall–Kier alpha value is -2.66. The number of carbonyl (C=O) groups excluding carboxylic acids is 1. The molecule has 0 bridgehead atoms. The third-order valence-corrected chi connectivity index (χ3v) is 3.54. The summed E-state index contributed by atoms with van der Waals surface area (Å²) in [5.41, 5.74) is 1.37. The molecule has 0 aliphatic carbocycles. The van der Waals surface area contributed by atoms with Crippen molar-refractivity contribution in [1.29, 1.82) is 0 Å². The van der Waals surface area contributed by atoms with Crippen molar-refractivity contribution < 1.29 is 4.79 Å². The van der Waals surface area contributed by atoms with Gasteiger partial charge < -0.3 is 5.32 Å². The molecule has 0 saturated carbocycles. The first-order valence-corrected chi connectivity index (χ1v) is 7.08. The van der Waals surface area contributed by atoms with Gasteiger partial charge in [0.2, 0.25) is 0 Å². The Kier molecular flexibility index (Phi) is 4.16. The van der Waals surface area contributed by atoms with Crippen molar-refractivity contribution >= 4 is 17.5 Å². The van der Waals surface area contributed by atoms with E-state index in [-0.39, 0.29) is 5.91 Å². The van der Waals surface area contributed by atoms with Crippen molar-refractivity contribution in [3.8, 4) is 5.82 Å². The first-order valence-electron chi connectivity index (χ1n) is 6.70. The van der Waals surface area contributed by atoms with Crippen LogP contribution < -0.4 is 5.32 Å². The molecule has 6 heteroatoms. The van der Waals surface area contributed by atoms with E-state index in [2.05, 4.69) is 15.3 Å². The van der Waals surface area contributed by atoms with Gasteiger partial charge in [0.15, 0.2) is 0 Å². The van der Waals surface area contributed by atoms with Gasteiger partial charge in [-0.05, 0) is 23.8 Å². The SMILES string of the molecule is O=C(NCc1ccccc1Cl)c1ccc(-n2ccnc2)nc1. The Morgan fingerprint density at radius 3 is 2.77 bits per heavy atom. The van der Waals surface area contributed by atoms with Crippen LogP contribution in [0.4, 0.5) is 0 Å². The van der Waals surface area contributed by atoms with E-state index < -0.39 is 0 Å². The molecule has 110 valence electrons. The average molecular weight is 313 g/mol. The highest BCUT2D eigenvalue weighted by Crippen LogP contribution is 2.14. The van der Waals surface area contributed by atoms with Gasteiger partial charge in [-0.2, -0.15) is 0 Å². The topological polar surface area (TPSA) is 59.8 Å². The number of imidazole rings is 1. The molecule has 0 fully saturated rings. The van der Waals surface area contributed by atoms with Crippen LogP contribution in [0.1, 0.15) is 15.9 Å². The maximum atomic E-state index is 12.1. The molecule has 0 spiro atoms. The molecular weight excluding hydrogens is 300 g/mol. The normalized spacial score (nSPS) is 10.4. The van der Waals surface area contributed by atoms with Crippen molar-refractivity contribution in [2.45, 2.75) is 6.54 Å². The molecule has 3 rings (SSSR count). The standard InChI is InChI=1S/C16H13ClN4O/c17-14-4-2-1-3-12(14)9-20-16(22)13-5-6-15(19-10-13)21-8-7-18-11-21/h1-8,10-11H,9H2,(H,20,22). The fraction of sp³-hybridized carbons (Fsp3) is 0.0625. The van der Waals surface area contributed by atoms with Crippen LogP contribution in [0.15, 0.2) is 61.3 Å². The lowest BCUT2D eigenvalue weighted by molar-refractivity contribution is 0.0950. The first kappa shape index (κ1) is 14.3. The van der Waals surface area contributed by atoms with Crippen LogP contribution in [0.2, 0.25) is 5.02 Å². The molecule has 0 aliphatic rings. The summed E-state index contributed by atoms with van der Waals surface area (Å²) in [6.45, 7) is 0.377. The summed E-state index contributed by atoms with van der Waals surface area (Å²) in [6.07, 6.45) is 6.65. The summed E-state index contributed by atoms with van der Waals surface area (Å²) >= 11 is 6.06. The Morgan fingerprint density at radius 2 is 2.09 bits per heavy atom. The Bertz CT molecular complexity index is 769. The van der Waals surface area contributed by atoms with Crippen molar-refractivity contribution in [3.63, 3.8) is 0 Å². The molecule has 2 heterocycles. The van der Waals surface area contributed by atoms with Crippen LogP contribution in [0.5, 0.6) is 0 Å². The maximum Gasteiger partial charge on any atom is 0.253 e. The zero-order valence-corrected chi connectivity index (χ0v) is 12.4. The van der Waals surface area contributed by atoms with E-state index >= 15 is 0 Å². The molecule has 0 aliphatic heterocycles. The van der Waals surface area contributed by atoms with Gasteiger partial charge in [0.05, 0.1) is 5.56 Å². The molecule has 0 unspecified atom stereocenters. The van der Waals surface area contributed by atoms with E-state index in [1.54, 1.807) is 41.5 Å². The molecule has 0 radical (unpaired) electrons. The lowest BCUT2D eigenvalue weighted by atomic mass is 10.2. The molecule has 2 aromatic heterocycles. The number of amides is 1. The van der Waals surface area contributed by atoms with Crippen LogP contribution >= 0.6 is 11.6 Å². The smallest absolute Gasteiger partial charge is 0.253 e. The number of hydrogen-bond acceptors (Lipinski definition) is 3. The van der Waals surface area contributed by atoms with Crippen molar-refractivity contribution in [3.05, 3.63) is 77.5 Å². The van der Waals surface area contributed by atoms with E-state index in [1.807, 2.05) is 18.2 Å². The first-order chi connectivity index (χ1) is 10.7. The van der Waals surface area contributed by atoms with E-state index in [0.717, 1.165) is 5.56 Å². The quantitative estimate of drug-likeness (QED) is 0.806. The second-order valence-corrected chi connectivity index (χ2v) is 5.06. The molecule has 0 atom stereocenters. The Morgan fingerprint density at radius 1 is 1.23 bits per heavy atom. The number of pyridine rings is 1. The van der Waals surface area contributed by atoms with E-state index in [4.69, 9.17) is 11.6 Å². The Balaban J connectivity index is 1.67. The average Bonchev–Trinajstić information content (AvgIpc) is 3.08. The monoisotopic (exact) mass is 312 g/mol. The van der Waals surface area contributed by atoms with Crippen LogP contribution in [0.3, 0.4) is 0 Å². The van der Waals surface area contributed by atoms with Crippen molar-refractivity contribution in [2.24, 2.45) is 0 Å². The highest BCUT2D eigenvalue weighted by atomic mass is 35.5. The number of benzene rings is 1. The van der Waals surface area contributed by atoms with Crippen LogP contribution in [-0.4, -0.2) is 20.4 Å². The van der Waals surface area contributed by atoms with Gasteiger partial charge in [-0.3, -0.25) is 9.36 Å². The zero-order valence-electron chi connectivity index (χ0n) is 11.6. The fourth-order valence-corrected chi connectivity index (χ4v) is 2.19. The minimum absolute atomic E-state index is 0.190. The molecule has 5 nitrogen and oxygen atoms in total. The number of nitrogens with zero attached hydrogens (tertiary/aromatic N) is 3. The highest BCUT2D eigenvalue weighted by molar-refractivity contribution is 6.31. The van der Waals surface area contributed by atoms with Crippen molar-refractivity contribution in [2.75, 3.05) is 0 Å². The molecule has 1 amide bonds. The molecule has 3 aromatic rings. The lowest BCUT2D eigenvalue weighted by Crippen LogP contribution is -2.23. The van der Waals surface area contributed by atoms with Gasteiger partial charge in [-0.1, -0.05) is 29.8 Å². The predicted molar refractivity (Wildman–Crippen MR) is 84.0 cm³/mol. The second kappa shape index (κ2) is 6.41. The number of halogens is 1. The number of nitrogens with one attached hydrogen (secondary N) is 1. The highest BCUT2D eigenvalue weighted by Gasteiger charge is 2.07. The largest absolute Gasteiger partial charge is 0.348 e. The van der Waals surface area contributed by atoms with E-state index in [9.17, 15) is 4.79 Å². The summed E-state index contributed by atoms with van der Waals surface area (Å²) in [6, 6.07) is 10.9. The number of rotatable bonds is 4. The van der Waals surface area contributed by atoms with Crippen LogP contribution in [0.25, 0.3) is 5.82 Å². The summed E-state index contributed by atoms with van der Waals surface area (Å²) < 4.78 is 1.77. The summed E-state index contributed by atoms with van der Waals surface area (Å²) in [5.74, 6) is 0.518. The van der Waals surface area contributed by atoms with Crippen molar-refractivity contribution in [1.82, 2.24) is 19.9 Å². The minimum Gasteiger partial charge on any atom is -0.348 e. The summed E-state index contributed by atoms with van der Waals surface area (Å²) in [5, 5.41) is 3.46. The molecule has 0 saturated heterocycles. The van der Waals surface area contributed by atoms with Crippen LogP contribution in [-0.2, 0) is 6.54 Å². The number of hydrogen-bond donors (Lipinski definition) is 1. The lowest BCUT2D eigenvalue weighted by Gasteiger charge is -2.07. The van der Waals surface area contributed by atoms with E-state index in [1.165, 1.54) is 6.20 Å². The van der Waals surface area contributed by atoms with E-state index in [0.29, 0.717) is 22.9 Å². The second-order valence-electron chi connectivity index (χ2n) is 4.65. The summed E-state index contributed by atoms with van der Waals surface area (Å²) in [7, 11) is 0. The van der Waals surface area contributed by atoms with Gasteiger partial charge in [0, 0.05) is 30.2 Å². The van der Waals surface area contributed by atoms with Gasteiger partial charge >= 0.3 is 0 Å².